The number of aromatic nitrogens is 2. The van der Waals surface area contributed by atoms with Gasteiger partial charge in [-0.15, -0.1) is 0 Å². The largest absolute Gasteiger partial charge is 0.384 e. The maximum absolute atomic E-state index is 12.5. The Balaban J connectivity index is 0.00000289. The van der Waals surface area contributed by atoms with Gasteiger partial charge in [0.25, 0.3) is 0 Å². The van der Waals surface area contributed by atoms with Crippen molar-refractivity contribution in [1.82, 2.24) is 14.9 Å². The first kappa shape index (κ1) is 24.0. The standard InChI is InChI=1S/C23H26ClN5O2.CH4/c1-15-14-28(8-9-29(15)21(30)6-10-31-2)23-18(13-25)11-19(22(27-23)16-3-4-16)17-5-7-26-20(24)12-17;/h5,7,11-12,15-16H,3-4,6,8-10,14H2,1-2H3;1H4. The average molecular weight is 456 g/mol. The fourth-order valence-corrected chi connectivity index (χ4v) is 4.34. The van der Waals surface area contributed by atoms with Crippen molar-refractivity contribution in [2.45, 2.75) is 45.6 Å². The highest BCUT2D eigenvalue weighted by Crippen LogP contribution is 2.45. The van der Waals surface area contributed by atoms with Gasteiger partial charge in [-0.3, -0.25) is 4.79 Å². The molecule has 1 saturated heterocycles. The van der Waals surface area contributed by atoms with E-state index in [0.717, 1.165) is 29.7 Å². The summed E-state index contributed by atoms with van der Waals surface area (Å²) in [6.45, 7) is 4.37. The molecule has 32 heavy (non-hydrogen) atoms. The number of methoxy groups -OCH3 is 1. The van der Waals surface area contributed by atoms with Crippen LogP contribution in [-0.2, 0) is 9.53 Å². The minimum atomic E-state index is 0. The average Bonchev–Trinajstić information content (AvgIpc) is 3.62. The number of nitrogens with zero attached hydrogens (tertiary/aromatic N) is 5. The first-order valence-corrected chi connectivity index (χ1v) is 11.0. The summed E-state index contributed by atoms with van der Waals surface area (Å²) in [7, 11) is 1.60. The summed E-state index contributed by atoms with van der Waals surface area (Å²) >= 11 is 6.11. The van der Waals surface area contributed by atoms with Gasteiger partial charge in [0.2, 0.25) is 5.91 Å². The summed E-state index contributed by atoms with van der Waals surface area (Å²) in [5, 5.41) is 10.3. The zero-order valence-electron chi connectivity index (χ0n) is 17.8. The molecule has 1 aliphatic carbocycles. The van der Waals surface area contributed by atoms with Crippen molar-refractivity contribution in [2.24, 2.45) is 0 Å². The molecule has 7 nitrogen and oxygen atoms in total. The van der Waals surface area contributed by atoms with Crippen LogP contribution in [0.15, 0.2) is 24.4 Å². The molecule has 1 saturated carbocycles. The Kier molecular flexibility index (Phi) is 7.70. The fraction of sp³-hybridized carbons (Fsp3) is 0.500. The van der Waals surface area contributed by atoms with Crippen molar-refractivity contribution < 1.29 is 9.53 Å². The quantitative estimate of drug-likeness (QED) is 0.605. The van der Waals surface area contributed by atoms with Gasteiger partial charge in [0.1, 0.15) is 17.0 Å². The van der Waals surface area contributed by atoms with Gasteiger partial charge in [-0.2, -0.15) is 5.26 Å². The normalized spacial score (nSPS) is 18.1. The third-order valence-corrected chi connectivity index (χ3v) is 6.13. The van der Waals surface area contributed by atoms with E-state index in [2.05, 4.69) is 16.0 Å². The summed E-state index contributed by atoms with van der Waals surface area (Å²) in [5.41, 5.74) is 3.44. The molecule has 2 fully saturated rings. The second-order valence-corrected chi connectivity index (χ2v) is 8.56. The molecule has 0 bridgehead atoms. The number of piperazine rings is 1. The molecule has 0 spiro atoms. The van der Waals surface area contributed by atoms with E-state index in [-0.39, 0.29) is 19.4 Å². The summed E-state index contributed by atoms with van der Waals surface area (Å²) in [6, 6.07) is 8.02. The number of pyridine rings is 2. The molecule has 1 amide bonds. The van der Waals surface area contributed by atoms with Crippen LogP contribution in [0, 0.1) is 11.3 Å². The number of hydrogen-bond donors (Lipinski definition) is 0. The number of nitriles is 1. The summed E-state index contributed by atoms with van der Waals surface area (Å²) in [6.07, 6.45) is 4.26. The predicted octanol–water partition coefficient (Wildman–Crippen LogP) is 4.26. The van der Waals surface area contributed by atoms with E-state index in [0.29, 0.717) is 55.1 Å². The fourth-order valence-electron chi connectivity index (χ4n) is 4.16. The van der Waals surface area contributed by atoms with Crippen molar-refractivity contribution in [3.8, 4) is 17.2 Å². The maximum Gasteiger partial charge on any atom is 0.225 e. The lowest BCUT2D eigenvalue weighted by atomic mass is 10.00. The van der Waals surface area contributed by atoms with Gasteiger partial charge in [0.15, 0.2) is 0 Å². The van der Waals surface area contributed by atoms with E-state index in [9.17, 15) is 10.1 Å². The van der Waals surface area contributed by atoms with Gasteiger partial charge < -0.3 is 14.5 Å². The van der Waals surface area contributed by atoms with Crippen LogP contribution < -0.4 is 4.90 Å². The molecule has 0 aromatic carbocycles. The molecule has 0 radical (unpaired) electrons. The third-order valence-electron chi connectivity index (χ3n) is 5.92. The molecule has 1 unspecified atom stereocenters. The number of amides is 1. The maximum atomic E-state index is 12.5. The Morgan fingerprint density at radius 1 is 1.34 bits per heavy atom. The Labute approximate surface area is 195 Å². The van der Waals surface area contributed by atoms with Crippen molar-refractivity contribution in [3.63, 3.8) is 0 Å². The minimum absolute atomic E-state index is 0. The summed E-state index contributed by atoms with van der Waals surface area (Å²) in [5.74, 6) is 1.22. The smallest absolute Gasteiger partial charge is 0.225 e. The van der Waals surface area contributed by atoms with E-state index < -0.39 is 0 Å². The van der Waals surface area contributed by atoms with Crippen molar-refractivity contribution in [2.75, 3.05) is 38.3 Å². The number of ether oxygens (including phenoxy) is 1. The third kappa shape index (κ3) is 5.03. The molecule has 1 aliphatic heterocycles. The zero-order valence-corrected chi connectivity index (χ0v) is 18.6. The lowest BCUT2D eigenvalue weighted by Gasteiger charge is -2.41. The lowest BCUT2D eigenvalue weighted by molar-refractivity contribution is -0.134. The molecule has 170 valence electrons. The van der Waals surface area contributed by atoms with Crippen LogP contribution in [0.1, 0.15) is 50.8 Å². The van der Waals surface area contributed by atoms with E-state index >= 15 is 0 Å². The SMILES string of the molecule is C.COCCC(=O)N1CCN(c2nc(C3CC3)c(-c3ccnc(Cl)c3)cc2C#N)CC1C. The Hall–Kier alpha value is -2.69. The molecule has 4 rings (SSSR count). The van der Waals surface area contributed by atoms with Crippen LogP contribution in [0.25, 0.3) is 11.1 Å². The Morgan fingerprint density at radius 3 is 2.75 bits per heavy atom. The number of anilines is 1. The monoisotopic (exact) mass is 455 g/mol. The summed E-state index contributed by atoms with van der Waals surface area (Å²) < 4.78 is 5.04. The lowest BCUT2D eigenvalue weighted by Crippen LogP contribution is -2.54. The van der Waals surface area contributed by atoms with Gasteiger partial charge in [0.05, 0.1) is 24.3 Å². The van der Waals surface area contributed by atoms with Gasteiger partial charge in [-0.25, -0.2) is 9.97 Å². The van der Waals surface area contributed by atoms with E-state index in [1.165, 1.54) is 0 Å². The zero-order chi connectivity index (χ0) is 22.0. The van der Waals surface area contributed by atoms with Crippen LogP contribution >= 0.6 is 11.6 Å². The van der Waals surface area contributed by atoms with Crippen molar-refractivity contribution >= 4 is 23.3 Å². The Bertz CT molecular complexity index is 1020. The van der Waals surface area contributed by atoms with Crippen LogP contribution in [0.2, 0.25) is 5.15 Å². The molecule has 3 heterocycles. The Morgan fingerprint density at radius 2 is 2.12 bits per heavy atom. The highest BCUT2D eigenvalue weighted by molar-refractivity contribution is 6.29. The topological polar surface area (TPSA) is 82.3 Å². The minimum Gasteiger partial charge on any atom is -0.384 e. The first-order valence-electron chi connectivity index (χ1n) is 10.6. The second kappa shape index (κ2) is 10.3. The van der Waals surface area contributed by atoms with Crippen LogP contribution in [0.4, 0.5) is 5.82 Å². The molecular formula is C24H30ClN5O2. The highest BCUT2D eigenvalue weighted by Gasteiger charge is 2.33. The number of carbonyl (C=O) groups is 1. The molecule has 2 aliphatic rings. The number of carbonyl (C=O) groups excluding carboxylic acids is 1. The van der Waals surface area contributed by atoms with Crippen molar-refractivity contribution in [3.05, 3.63) is 40.8 Å². The van der Waals surface area contributed by atoms with Crippen LogP contribution in [0.5, 0.6) is 0 Å². The second-order valence-electron chi connectivity index (χ2n) is 8.17. The summed E-state index contributed by atoms with van der Waals surface area (Å²) in [4.78, 5) is 25.6. The van der Waals surface area contributed by atoms with Gasteiger partial charge in [-0.05, 0) is 43.5 Å². The van der Waals surface area contributed by atoms with E-state index in [1.54, 1.807) is 13.3 Å². The van der Waals surface area contributed by atoms with Crippen molar-refractivity contribution in [1.29, 1.82) is 5.26 Å². The van der Waals surface area contributed by atoms with Gasteiger partial charge in [0, 0.05) is 50.5 Å². The number of rotatable bonds is 6. The molecule has 0 N–H and O–H groups in total. The highest BCUT2D eigenvalue weighted by atomic mass is 35.5. The first-order chi connectivity index (χ1) is 15.0. The number of hydrogen-bond acceptors (Lipinski definition) is 6. The van der Waals surface area contributed by atoms with Gasteiger partial charge in [-0.1, -0.05) is 19.0 Å². The number of halogens is 1. The molecule has 2 aromatic rings. The predicted molar refractivity (Wildman–Crippen MR) is 126 cm³/mol. The molecule has 2 aromatic heterocycles. The van der Waals surface area contributed by atoms with E-state index in [4.69, 9.17) is 21.3 Å². The van der Waals surface area contributed by atoms with Gasteiger partial charge >= 0.3 is 0 Å². The molecular weight excluding hydrogens is 426 g/mol. The van der Waals surface area contributed by atoms with Crippen LogP contribution in [-0.4, -0.2) is 60.2 Å². The molecule has 8 heteroatoms. The molecule has 1 atom stereocenters. The van der Waals surface area contributed by atoms with E-state index in [1.807, 2.05) is 30.0 Å². The van der Waals surface area contributed by atoms with Crippen LogP contribution in [0.3, 0.4) is 0 Å².